The van der Waals surface area contributed by atoms with E-state index in [9.17, 15) is 9.59 Å². The maximum absolute atomic E-state index is 12.8. The van der Waals surface area contributed by atoms with Crippen molar-refractivity contribution >= 4 is 5.91 Å². The zero-order valence-corrected chi connectivity index (χ0v) is 13.8. The monoisotopic (exact) mass is 330 g/mol. The van der Waals surface area contributed by atoms with Crippen LogP contribution in [0.2, 0.25) is 0 Å². The van der Waals surface area contributed by atoms with Gasteiger partial charge < -0.3 is 14.2 Å². The molecule has 1 amide bonds. The van der Waals surface area contributed by atoms with Crippen molar-refractivity contribution in [1.29, 1.82) is 0 Å². The Morgan fingerprint density at radius 1 is 1.42 bits per heavy atom. The Kier molecular flexibility index (Phi) is 5.10. The largest absolute Gasteiger partial charge is 0.383 e. The predicted octanol–water partition coefficient (Wildman–Crippen LogP) is 1.17. The number of carbonyl (C=O) groups is 1. The fourth-order valence-electron chi connectivity index (χ4n) is 3.06. The van der Waals surface area contributed by atoms with Crippen LogP contribution in [-0.2, 0) is 11.3 Å². The van der Waals surface area contributed by atoms with Gasteiger partial charge in [-0.15, -0.1) is 0 Å². The molecule has 1 aliphatic rings. The van der Waals surface area contributed by atoms with Gasteiger partial charge in [0.25, 0.3) is 11.5 Å². The second kappa shape index (κ2) is 7.44. The van der Waals surface area contributed by atoms with Gasteiger partial charge in [-0.2, -0.15) is 5.10 Å². The molecule has 0 radical (unpaired) electrons. The number of pyridine rings is 1. The van der Waals surface area contributed by atoms with Gasteiger partial charge in [0.2, 0.25) is 0 Å². The van der Waals surface area contributed by atoms with Crippen molar-refractivity contribution < 1.29 is 9.53 Å². The molecular formula is C17H22N4O3. The number of methoxy groups -OCH3 is 1. The standard InChI is InChI=1S/C17H22N4O3/c1-24-11-10-19-12-14(5-6-16(19)22)17(23)20-8-2-4-15(13-20)21-9-3-7-18-21/h3,5-7,9,12,15H,2,4,8,10-11,13H2,1H3/t15-/m1/s1. The molecule has 0 saturated carbocycles. The Hall–Kier alpha value is -2.41. The molecule has 1 atom stereocenters. The third-order valence-electron chi connectivity index (χ3n) is 4.35. The van der Waals surface area contributed by atoms with Crippen molar-refractivity contribution in [2.45, 2.75) is 25.4 Å². The van der Waals surface area contributed by atoms with Crippen LogP contribution in [0, 0.1) is 0 Å². The third-order valence-corrected chi connectivity index (χ3v) is 4.35. The first kappa shape index (κ1) is 16.4. The molecule has 3 rings (SSSR count). The number of aromatic nitrogens is 3. The number of piperidine rings is 1. The highest BCUT2D eigenvalue weighted by atomic mass is 16.5. The Morgan fingerprint density at radius 3 is 3.04 bits per heavy atom. The molecule has 0 bridgehead atoms. The van der Waals surface area contributed by atoms with Crippen LogP contribution >= 0.6 is 0 Å². The highest BCUT2D eigenvalue weighted by Gasteiger charge is 2.26. The molecule has 24 heavy (non-hydrogen) atoms. The van der Waals surface area contributed by atoms with Crippen LogP contribution in [0.25, 0.3) is 0 Å². The van der Waals surface area contributed by atoms with Gasteiger partial charge in [-0.3, -0.25) is 14.3 Å². The van der Waals surface area contributed by atoms with E-state index in [4.69, 9.17) is 4.74 Å². The molecule has 1 aliphatic heterocycles. The van der Waals surface area contributed by atoms with Crippen molar-refractivity contribution in [1.82, 2.24) is 19.2 Å². The number of likely N-dealkylation sites (tertiary alicyclic amines) is 1. The normalized spacial score (nSPS) is 17.9. The fourth-order valence-corrected chi connectivity index (χ4v) is 3.06. The van der Waals surface area contributed by atoms with Crippen LogP contribution in [-0.4, -0.2) is 52.0 Å². The van der Waals surface area contributed by atoms with Gasteiger partial charge in [-0.1, -0.05) is 0 Å². The average Bonchev–Trinajstić information content (AvgIpc) is 3.15. The van der Waals surface area contributed by atoms with Gasteiger partial charge >= 0.3 is 0 Å². The molecule has 1 fully saturated rings. The molecular weight excluding hydrogens is 308 g/mol. The Morgan fingerprint density at radius 2 is 2.29 bits per heavy atom. The summed E-state index contributed by atoms with van der Waals surface area (Å²) >= 11 is 0. The van der Waals surface area contributed by atoms with Crippen LogP contribution < -0.4 is 5.56 Å². The molecule has 0 aliphatic carbocycles. The number of ether oxygens (including phenoxy) is 1. The van der Waals surface area contributed by atoms with Crippen molar-refractivity contribution in [3.05, 3.63) is 52.7 Å². The average molecular weight is 330 g/mol. The molecule has 2 aromatic heterocycles. The zero-order chi connectivity index (χ0) is 16.9. The molecule has 0 aromatic carbocycles. The summed E-state index contributed by atoms with van der Waals surface area (Å²) in [6.07, 6.45) is 7.27. The minimum Gasteiger partial charge on any atom is -0.383 e. The molecule has 7 nitrogen and oxygen atoms in total. The predicted molar refractivity (Wildman–Crippen MR) is 89.0 cm³/mol. The molecule has 0 spiro atoms. The van der Waals surface area contributed by atoms with Gasteiger partial charge in [-0.05, 0) is 25.0 Å². The molecule has 1 saturated heterocycles. The van der Waals surface area contributed by atoms with Gasteiger partial charge in [0.15, 0.2) is 0 Å². The van der Waals surface area contributed by atoms with E-state index in [1.54, 1.807) is 25.6 Å². The first-order valence-electron chi connectivity index (χ1n) is 8.17. The van der Waals surface area contributed by atoms with E-state index < -0.39 is 0 Å². The highest BCUT2D eigenvalue weighted by Crippen LogP contribution is 2.21. The summed E-state index contributed by atoms with van der Waals surface area (Å²) in [7, 11) is 1.59. The van der Waals surface area contributed by atoms with Gasteiger partial charge in [0.05, 0.1) is 18.2 Å². The number of hydrogen-bond acceptors (Lipinski definition) is 4. The maximum Gasteiger partial charge on any atom is 0.255 e. The van der Waals surface area contributed by atoms with Crippen molar-refractivity contribution in [2.24, 2.45) is 0 Å². The van der Waals surface area contributed by atoms with Crippen LogP contribution in [0.4, 0.5) is 0 Å². The van der Waals surface area contributed by atoms with E-state index in [1.165, 1.54) is 10.6 Å². The number of hydrogen-bond donors (Lipinski definition) is 0. The Balaban J connectivity index is 1.74. The number of amides is 1. The van der Waals surface area contributed by atoms with Gasteiger partial charge in [0.1, 0.15) is 0 Å². The Labute approximate surface area is 140 Å². The molecule has 3 heterocycles. The third kappa shape index (κ3) is 3.56. The lowest BCUT2D eigenvalue weighted by Gasteiger charge is -2.33. The fraction of sp³-hybridized carbons (Fsp3) is 0.471. The van der Waals surface area contributed by atoms with E-state index in [0.717, 1.165) is 19.4 Å². The van der Waals surface area contributed by atoms with E-state index in [0.29, 0.717) is 25.3 Å². The van der Waals surface area contributed by atoms with E-state index >= 15 is 0 Å². The van der Waals surface area contributed by atoms with Crippen LogP contribution in [0.5, 0.6) is 0 Å². The SMILES string of the molecule is COCCn1cc(C(=O)N2CCC[C@@H](n3cccn3)C2)ccc1=O. The molecule has 7 heteroatoms. The van der Waals surface area contributed by atoms with Gasteiger partial charge in [-0.25, -0.2) is 0 Å². The maximum atomic E-state index is 12.8. The quantitative estimate of drug-likeness (QED) is 0.825. The zero-order valence-electron chi connectivity index (χ0n) is 13.8. The molecule has 0 unspecified atom stereocenters. The van der Waals surface area contributed by atoms with Gasteiger partial charge in [0, 0.05) is 51.4 Å². The highest BCUT2D eigenvalue weighted by molar-refractivity contribution is 5.94. The summed E-state index contributed by atoms with van der Waals surface area (Å²) < 4.78 is 8.44. The van der Waals surface area contributed by atoms with Crippen molar-refractivity contribution in [3.63, 3.8) is 0 Å². The lowest BCUT2D eigenvalue weighted by atomic mass is 10.0. The van der Waals surface area contributed by atoms with E-state index in [-0.39, 0.29) is 17.5 Å². The first-order chi connectivity index (χ1) is 11.7. The minimum atomic E-state index is -0.128. The summed E-state index contributed by atoms with van der Waals surface area (Å²) in [5.74, 6) is -0.0435. The number of rotatable bonds is 5. The summed E-state index contributed by atoms with van der Waals surface area (Å²) in [6, 6.07) is 5.15. The summed E-state index contributed by atoms with van der Waals surface area (Å²) in [4.78, 5) is 26.5. The lowest BCUT2D eigenvalue weighted by Crippen LogP contribution is -2.41. The minimum absolute atomic E-state index is 0.0435. The van der Waals surface area contributed by atoms with E-state index in [2.05, 4.69) is 5.10 Å². The second-order valence-corrected chi connectivity index (χ2v) is 5.98. The van der Waals surface area contributed by atoms with E-state index in [1.807, 2.05) is 21.8 Å². The topological polar surface area (TPSA) is 69.4 Å². The molecule has 2 aromatic rings. The Bertz CT molecular complexity index is 739. The summed E-state index contributed by atoms with van der Waals surface area (Å²) in [5, 5.41) is 4.29. The smallest absolute Gasteiger partial charge is 0.255 e. The van der Waals surface area contributed by atoms with Crippen LogP contribution in [0.3, 0.4) is 0 Å². The van der Waals surface area contributed by atoms with Crippen molar-refractivity contribution in [3.8, 4) is 0 Å². The van der Waals surface area contributed by atoms with Crippen LogP contribution in [0.15, 0.2) is 41.6 Å². The lowest BCUT2D eigenvalue weighted by molar-refractivity contribution is 0.0671. The number of carbonyl (C=O) groups excluding carboxylic acids is 1. The summed E-state index contributed by atoms with van der Waals surface area (Å²) in [5.41, 5.74) is 0.406. The second-order valence-electron chi connectivity index (χ2n) is 5.98. The molecule has 128 valence electrons. The first-order valence-corrected chi connectivity index (χ1v) is 8.17. The van der Waals surface area contributed by atoms with Crippen LogP contribution in [0.1, 0.15) is 29.2 Å². The molecule has 0 N–H and O–H groups in total. The number of nitrogens with zero attached hydrogens (tertiary/aromatic N) is 4. The van der Waals surface area contributed by atoms with Crippen molar-refractivity contribution in [2.75, 3.05) is 26.8 Å². The summed E-state index contributed by atoms with van der Waals surface area (Å²) in [6.45, 7) is 2.24.